The first-order valence-corrected chi connectivity index (χ1v) is 10.7. The molecular weight excluding hydrogens is 410 g/mol. The lowest BCUT2D eigenvalue weighted by molar-refractivity contribution is -0.135. The first-order valence-electron chi connectivity index (χ1n) is 10.7. The molecule has 1 N–H and O–H groups in total. The van der Waals surface area contributed by atoms with Gasteiger partial charge in [0.1, 0.15) is 11.6 Å². The van der Waals surface area contributed by atoms with E-state index >= 15 is 0 Å². The molecule has 0 aliphatic carbocycles. The zero-order chi connectivity index (χ0) is 22.5. The van der Waals surface area contributed by atoms with Crippen LogP contribution in [0.3, 0.4) is 0 Å². The van der Waals surface area contributed by atoms with Crippen molar-refractivity contribution in [2.45, 2.75) is 44.6 Å². The van der Waals surface area contributed by atoms with Gasteiger partial charge >= 0.3 is 5.69 Å². The molecule has 2 aromatic carbocycles. The summed E-state index contributed by atoms with van der Waals surface area (Å²) in [5.74, 6) is -0.744. The minimum atomic E-state index is -0.704. The van der Waals surface area contributed by atoms with Gasteiger partial charge in [-0.25, -0.2) is 4.79 Å². The highest BCUT2D eigenvalue weighted by atomic mass is 16.5. The van der Waals surface area contributed by atoms with E-state index in [9.17, 15) is 14.4 Å². The Morgan fingerprint density at radius 3 is 2.69 bits per heavy atom. The fraction of sp³-hybridized carbons (Fsp3) is 0.375. The topological polar surface area (TPSA) is 91.6 Å². The summed E-state index contributed by atoms with van der Waals surface area (Å²) in [6.45, 7) is 3.21. The second-order valence-corrected chi connectivity index (χ2v) is 8.64. The molecule has 2 unspecified atom stereocenters. The Morgan fingerprint density at radius 1 is 1.16 bits per heavy atom. The number of imidazole rings is 1. The van der Waals surface area contributed by atoms with Crippen molar-refractivity contribution >= 4 is 22.8 Å². The fourth-order valence-electron chi connectivity index (χ4n) is 4.79. The summed E-state index contributed by atoms with van der Waals surface area (Å²) in [6.07, 6.45) is 0.520. The standard InChI is InChI=1S/C24H25N3O5/c1-24(14-31-12-15-6-4-3-5-7-15)17-8-9-18-21(16(17)13-32-24)26(2)23(30)27(18)19-10-11-20(28)25-22(19)29/h3-9,19H,10-14H2,1-2H3,(H,25,28,29). The first kappa shape index (κ1) is 20.7. The van der Waals surface area contributed by atoms with Crippen LogP contribution < -0.4 is 11.0 Å². The minimum absolute atomic E-state index is 0.212. The molecule has 2 aliphatic heterocycles. The molecule has 2 aliphatic rings. The third kappa shape index (κ3) is 3.27. The molecule has 0 bridgehead atoms. The molecule has 0 radical (unpaired) electrons. The van der Waals surface area contributed by atoms with Crippen molar-refractivity contribution in [2.24, 2.45) is 7.05 Å². The maximum atomic E-state index is 13.1. The van der Waals surface area contributed by atoms with Crippen molar-refractivity contribution in [1.29, 1.82) is 0 Å². The molecule has 32 heavy (non-hydrogen) atoms. The number of carbonyl (C=O) groups excluding carboxylic acids is 2. The van der Waals surface area contributed by atoms with Crippen LogP contribution in [0.25, 0.3) is 11.0 Å². The summed E-state index contributed by atoms with van der Waals surface area (Å²) in [6, 6.07) is 13.1. The van der Waals surface area contributed by atoms with E-state index in [4.69, 9.17) is 9.47 Å². The number of ether oxygens (including phenoxy) is 2. The van der Waals surface area contributed by atoms with E-state index in [0.717, 1.165) is 22.2 Å². The Labute approximate surface area is 184 Å². The number of nitrogens with zero attached hydrogens (tertiary/aromatic N) is 2. The zero-order valence-electron chi connectivity index (χ0n) is 18.1. The summed E-state index contributed by atoms with van der Waals surface area (Å²) in [5, 5.41) is 2.34. The summed E-state index contributed by atoms with van der Waals surface area (Å²) in [7, 11) is 1.70. The van der Waals surface area contributed by atoms with E-state index in [1.54, 1.807) is 11.6 Å². The van der Waals surface area contributed by atoms with Gasteiger partial charge in [0.25, 0.3) is 0 Å². The van der Waals surface area contributed by atoms with E-state index in [-0.39, 0.29) is 18.0 Å². The van der Waals surface area contributed by atoms with Crippen LogP contribution in [0.1, 0.15) is 42.5 Å². The third-order valence-corrected chi connectivity index (χ3v) is 6.47. The molecule has 2 amide bonds. The molecule has 166 valence electrons. The predicted octanol–water partition coefficient (Wildman–Crippen LogP) is 2.28. The van der Waals surface area contributed by atoms with E-state index in [2.05, 4.69) is 5.32 Å². The molecule has 1 aromatic heterocycles. The molecule has 8 nitrogen and oxygen atoms in total. The molecule has 2 atom stereocenters. The van der Waals surface area contributed by atoms with Gasteiger partial charge in [-0.05, 0) is 30.5 Å². The average molecular weight is 435 g/mol. The van der Waals surface area contributed by atoms with Gasteiger partial charge in [-0.2, -0.15) is 0 Å². The van der Waals surface area contributed by atoms with Gasteiger partial charge in [-0.15, -0.1) is 0 Å². The van der Waals surface area contributed by atoms with Crippen LogP contribution in [0.5, 0.6) is 0 Å². The monoisotopic (exact) mass is 435 g/mol. The number of fused-ring (bicyclic) bond motifs is 3. The molecule has 3 aromatic rings. The smallest absolute Gasteiger partial charge is 0.329 e. The van der Waals surface area contributed by atoms with Crippen LogP contribution in [0.4, 0.5) is 0 Å². The fourth-order valence-corrected chi connectivity index (χ4v) is 4.79. The number of carbonyl (C=O) groups is 2. The van der Waals surface area contributed by atoms with Crippen LogP contribution >= 0.6 is 0 Å². The normalized spacial score (nSPS) is 22.9. The number of aryl methyl sites for hydroxylation is 1. The lowest BCUT2D eigenvalue weighted by Gasteiger charge is -2.25. The number of imide groups is 1. The number of piperidine rings is 1. The van der Waals surface area contributed by atoms with Crippen molar-refractivity contribution < 1.29 is 19.1 Å². The first-order chi connectivity index (χ1) is 15.4. The van der Waals surface area contributed by atoms with Crippen LogP contribution in [-0.4, -0.2) is 27.6 Å². The maximum Gasteiger partial charge on any atom is 0.329 e. The maximum absolute atomic E-state index is 13.1. The largest absolute Gasteiger partial charge is 0.373 e. The number of hydrogen-bond acceptors (Lipinski definition) is 5. The Bertz CT molecular complexity index is 1280. The second-order valence-electron chi connectivity index (χ2n) is 8.64. The van der Waals surface area contributed by atoms with Crippen LogP contribution in [0, 0.1) is 0 Å². The molecule has 0 saturated carbocycles. The second kappa shape index (κ2) is 7.72. The van der Waals surface area contributed by atoms with Crippen molar-refractivity contribution in [3.8, 4) is 0 Å². The van der Waals surface area contributed by atoms with E-state index in [1.807, 2.05) is 49.4 Å². The number of rotatable bonds is 5. The molecular formula is C24H25N3O5. The van der Waals surface area contributed by atoms with Crippen molar-refractivity contribution in [3.05, 3.63) is 69.6 Å². The Kier molecular flexibility index (Phi) is 4.98. The SMILES string of the molecule is Cn1c(=O)n(C2CCC(=O)NC2=O)c2ccc3c(c21)COC3(C)COCc1ccccc1. The predicted molar refractivity (Wildman–Crippen MR) is 117 cm³/mol. The summed E-state index contributed by atoms with van der Waals surface area (Å²) in [4.78, 5) is 37.1. The van der Waals surface area contributed by atoms with E-state index in [0.29, 0.717) is 31.8 Å². The lowest BCUT2D eigenvalue weighted by atomic mass is 9.94. The van der Waals surface area contributed by atoms with Crippen molar-refractivity contribution in [3.63, 3.8) is 0 Å². The number of benzene rings is 2. The highest BCUT2D eigenvalue weighted by Gasteiger charge is 2.39. The highest BCUT2D eigenvalue weighted by Crippen LogP contribution is 2.40. The molecule has 1 fully saturated rings. The molecule has 5 rings (SSSR count). The van der Waals surface area contributed by atoms with Gasteiger partial charge < -0.3 is 9.47 Å². The third-order valence-electron chi connectivity index (χ3n) is 6.47. The van der Waals surface area contributed by atoms with Crippen molar-refractivity contribution in [2.75, 3.05) is 6.61 Å². The van der Waals surface area contributed by atoms with Crippen LogP contribution in [0.15, 0.2) is 47.3 Å². The molecule has 0 spiro atoms. The van der Waals surface area contributed by atoms with Gasteiger partial charge in [0, 0.05) is 19.0 Å². The summed E-state index contributed by atoms with van der Waals surface area (Å²) >= 11 is 0. The summed E-state index contributed by atoms with van der Waals surface area (Å²) in [5.41, 5.74) is 3.51. The van der Waals surface area contributed by atoms with Gasteiger partial charge in [-0.1, -0.05) is 36.4 Å². The highest BCUT2D eigenvalue weighted by molar-refractivity contribution is 6.00. The lowest BCUT2D eigenvalue weighted by Crippen LogP contribution is -2.44. The number of amides is 2. The van der Waals surface area contributed by atoms with Gasteiger partial charge in [0.05, 0.1) is 30.9 Å². The van der Waals surface area contributed by atoms with Gasteiger partial charge in [-0.3, -0.25) is 24.0 Å². The summed E-state index contributed by atoms with van der Waals surface area (Å²) < 4.78 is 15.2. The quantitative estimate of drug-likeness (QED) is 0.621. The number of hydrogen-bond donors (Lipinski definition) is 1. The molecule has 3 heterocycles. The van der Waals surface area contributed by atoms with E-state index < -0.39 is 17.6 Å². The number of aromatic nitrogens is 2. The minimum Gasteiger partial charge on any atom is -0.373 e. The van der Waals surface area contributed by atoms with E-state index in [1.165, 1.54) is 4.57 Å². The van der Waals surface area contributed by atoms with Crippen LogP contribution in [0.2, 0.25) is 0 Å². The molecule has 8 heteroatoms. The zero-order valence-corrected chi connectivity index (χ0v) is 18.1. The van der Waals surface area contributed by atoms with Gasteiger partial charge in [0.2, 0.25) is 11.8 Å². The van der Waals surface area contributed by atoms with Crippen molar-refractivity contribution in [1.82, 2.24) is 14.5 Å². The van der Waals surface area contributed by atoms with Crippen LogP contribution in [-0.2, 0) is 44.9 Å². The van der Waals surface area contributed by atoms with Gasteiger partial charge in [0.15, 0.2) is 0 Å². The Balaban J connectivity index is 1.48. The molecule has 1 saturated heterocycles. The number of nitrogens with one attached hydrogen (secondary N) is 1. The average Bonchev–Trinajstić information content (AvgIpc) is 3.24. The Morgan fingerprint density at radius 2 is 1.94 bits per heavy atom. The Hall–Kier alpha value is -3.23.